The molecule has 15 heavy (non-hydrogen) atoms. The molecule has 1 saturated carbocycles. The highest BCUT2D eigenvalue weighted by atomic mass is 16.3. The second-order valence-corrected chi connectivity index (χ2v) is 4.12. The van der Waals surface area contributed by atoms with Crippen molar-refractivity contribution < 1.29 is 9.21 Å². The lowest BCUT2D eigenvalue weighted by atomic mass is 9.89. The predicted octanol–water partition coefficient (Wildman–Crippen LogP) is 3.69. The fraction of sp³-hybridized carbons (Fsp3) is 0.462. The van der Waals surface area contributed by atoms with E-state index in [1.54, 1.807) is 6.07 Å². The van der Waals surface area contributed by atoms with Crippen LogP contribution in [-0.2, 0) is 0 Å². The lowest BCUT2D eigenvalue weighted by molar-refractivity contribution is 0.110. The Labute approximate surface area is 90.0 Å². The highest BCUT2D eigenvalue weighted by molar-refractivity contribution is 5.71. The molecule has 0 atom stereocenters. The van der Waals surface area contributed by atoms with Crippen LogP contribution in [0.1, 0.15) is 48.4 Å². The zero-order chi connectivity index (χ0) is 10.5. The molecule has 1 aliphatic carbocycles. The molecule has 1 aliphatic rings. The highest BCUT2D eigenvalue weighted by Crippen LogP contribution is 2.25. The van der Waals surface area contributed by atoms with Crippen LogP contribution in [0.15, 0.2) is 22.6 Å². The lowest BCUT2D eigenvalue weighted by Crippen LogP contribution is -2.02. The smallest absolute Gasteiger partial charge is 0.185 e. The first kappa shape index (κ1) is 10.2. The van der Waals surface area contributed by atoms with E-state index >= 15 is 0 Å². The number of hydrogen-bond donors (Lipinski definition) is 0. The van der Waals surface area contributed by atoms with E-state index in [0.29, 0.717) is 11.7 Å². The van der Waals surface area contributed by atoms with E-state index in [1.807, 2.05) is 12.1 Å². The minimum absolute atomic E-state index is 0.401. The summed E-state index contributed by atoms with van der Waals surface area (Å²) in [5.41, 5.74) is 0. The largest absolute Gasteiger partial charge is 0.454 e. The van der Waals surface area contributed by atoms with E-state index in [1.165, 1.54) is 32.1 Å². The Balaban J connectivity index is 1.94. The Morgan fingerprint density at radius 3 is 2.53 bits per heavy atom. The van der Waals surface area contributed by atoms with Gasteiger partial charge in [-0.3, -0.25) is 4.79 Å². The molecule has 2 nitrogen and oxygen atoms in total. The Bertz CT molecular complexity index is 343. The molecule has 0 bridgehead atoms. The standard InChI is InChI=1S/C13H16O2/c14-10-13-9-8-12(15-13)7-6-11-4-2-1-3-5-11/h6-11H,1-5H2. The summed E-state index contributed by atoms with van der Waals surface area (Å²) in [5, 5.41) is 0. The molecule has 0 unspecified atom stereocenters. The zero-order valence-electron chi connectivity index (χ0n) is 8.82. The SMILES string of the molecule is O=Cc1ccc(C=CC2CCCCC2)o1. The van der Waals surface area contributed by atoms with Crippen molar-refractivity contribution in [2.75, 3.05) is 0 Å². The summed E-state index contributed by atoms with van der Waals surface area (Å²) in [4.78, 5) is 10.4. The van der Waals surface area contributed by atoms with Crippen LogP contribution in [0.5, 0.6) is 0 Å². The van der Waals surface area contributed by atoms with E-state index < -0.39 is 0 Å². The second-order valence-electron chi connectivity index (χ2n) is 4.12. The molecule has 80 valence electrons. The van der Waals surface area contributed by atoms with Crippen molar-refractivity contribution in [1.29, 1.82) is 0 Å². The monoisotopic (exact) mass is 204 g/mol. The van der Waals surface area contributed by atoms with Crippen LogP contribution in [0.25, 0.3) is 6.08 Å². The minimum atomic E-state index is 0.401. The summed E-state index contributed by atoms with van der Waals surface area (Å²) in [6, 6.07) is 3.54. The van der Waals surface area contributed by atoms with Crippen LogP contribution in [0.3, 0.4) is 0 Å². The number of furan rings is 1. The van der Waals surface area contributed by atoms with Gasteiger partial charge >= 0.3 is 0 Å². The fourth-order valence-corrected chi connectivity index (χ4v) is 2.08. The van der Waals surface area contributed by atoms with Gasteiger partial charge in [-0.2, -0.15) is 0 Å². The van der Waals surface area contributed by atoms with Gasteiger partial charge in [0.05, 0.1) is 0 Å². The molecule has 0 amide bonds. The molecule has 2 heteroatoms. The average molecular weight is 204 g/mol. The van der Waals surface area contributed by atoms with Crippen LogP contribution in [0, 0.1) is 5.92 Å². The summed E-state index contributed by atoms with van der Waals surface area (Å²) < 4.78 is 5.27. The quantitative estimate of drug-likeness (QED) is 0.703. The van der Waals surface area contributed by atoms with Crippen LogP contribution in [-0.4, -0.2) is 6.29 Å². The van der Waals surface area contributed by atoms with Gasteiger partial charge in [-0.05, 0) is 37.0 Å². The molecular weight excluding hydrogens is 188 g/mol. The molecule has 1 heterocycles. The third-order valence-electron chi connectivity index (χ3n) is 2.95. The topological polar surface area (TPSA) is 30.2 Å². The van der Waals surface area contributed by atoms with Crippen molar-refractivity contribution in [2.24, 2.45) is 5.92 Å². The van der Waals surface area contributed by atoms with E-state index in [2.05, 4.69) is 6.08 Å². The van der Waals surface area contributed by atoms with E-state index in [0.717, 1.165) is 12.0 Å². The van der Waals surface area contributed by atoms with Gasteiger partial charge in [0.1, 0.15) is 5.76 Å². The maximum atomic E-state index is 10.4. The predicted molar refractivity (Wildman–Crippen MR) is 59.7 cm³/mol. The summed E-state index contributed by atoms with van der Waals surface area (Å²) in [7, 11) is 0. The van der Waals surface area contributed by atoms with Crippen molar-refractivity contribution in [3.63, 3.8) is 0 Å². The van der Waals surface area contributed by atoms with Gasteiger partial charge in [0, 0.05) is 0 Å². The second kappa shape index (κ2) is 4.96. The van der Waals surface area contributed by atoms with Gasteiger partial charge in [0.25, 0.3) is 0 Å². The number of carbonyl (C=O) groups excluding carboxylic acids is 1. The molecule has 0 N–H and O–H groups in total. The Morgan fingerprint density at radius 2 is 1.87 bits per heavy atom. The Hall–Kier alpha value is -1.31. The number of rotatable bonds is 3. The minimum Gasteiger partial charge on any atom is -0.454 e. The molecule has 1 fully saturated rings. The van der Waals surface area contributed by atoms with Gasteiger partial charge in [-0.1, -0.05) is 25.3 Å². The van der Waals surface area contributed by atoms with Crippen molar-refractivity contribution in [3.05, 3.63) is 29.7 Å². The first-order valence-corrected chi connectivity index (χ1v) is 5.62. The van der Waals surface area contributed by atoms with Crippen molar-refractivity contribution in [3.8, 4) is 0 Å². The number of hydrogen-bond acceptors (Lipinski definition) is 2. The summed E-state index contributed by atoms with van der Waals surface area (Å²) in [5.74, 6) is 1.88. The van der Waals surface area contributed by atoms with Gasteiger partial charge in [-0.15, -0.1) is 0 Å². The summed E-state index contributed by atoms with van der Waals surface area (Å²) in [6.07, 6.45) is 11.6. The van der Waals surface area contributed by atoms with Crippen LogP contribution < -0.4 is 0 Å². The lowest BCUT2D eigenvalue weighted by Gasteiger charge is -2.17. The van der Waals surface area contributed by atoms with Crippen LogP contribution in [0.2, 0.25) is 0 Å². The maximum Gasteiger partial charge on any atom is 0.185 e. The van der Waals surface area contributed by atoms with Crippen molar-refractivity contribution in [1.82, 2.24) is 0 Å². The maximum absolute atomic E-state index is 10.4. The average Bonchev–Trinajstić information content (AvgIpc) is 2.76. The van der Waals surface area contributed by atoms with Crippen molar-refractivity contribution in [2.45, 2.75) is 32.1 Å². The van der Waals surface area contributed by atoms with E-state index in [-0.39, 0.29) is 0 Å². The van der Waals surface area contributed by atoms with Gasteiger partial charge in [0.2, 0.25) is 0 Å². The van der Waals surface area contributed by atoms with E-state index in [9.17, 15) is 4.79 Å². The normalized spacial score (nSPS) is 18.4. The van der Waals surface area contributed by atoms with Crippen LogP contribution in [0.4, 0.5) is 0 Å². The van der Waals surface area contributed by atoms with Gasteiger partial charge in [-0.25, -0.2) is 0 Å². The zero-order valence-corrected chi connectivity index (χ0v) is 8.82. The van der Waals surface area contributed by atoms with Gasteiger partial charge in [0.15, 0.2) is 12.0 Å². The number of aldehydes is 1. The Morgan fingerprint density at radius 1 is 1.13 bits per heavy atom. The first-order chi connectivity index (χ1) is 7.38. The van der Waals surface area contributed by atoms with Crippen molar-refractivity contribution >= 4 is 12.4 Å². The van der Waals surface area contributed by atoms with Gasteiger partial charge < -0.3 is 4.42 Å². The third-order valence-corrected chi connectivity index (χ3v) is 2.95. The molecular formula is C13H16O2. The highest BCUT2D eigenvalue weighted by Gasteiger charge is 2.09. The molecule has 1 aromatic heterocycles. The summed E-state index contributed by atoms with van der Waals surface area (Å²) in [6.45, 7) is 0. The number of allylic oxidation sites excluding steroid dienone is 1. The third kappa shape index (κ3) is 2.82. The van der Waals surface area contributed by atoms with Crippen LogP contribution >= 0.6 is 0 Å². The van der Waals surface area contributed by atoms with E-state index in [4.69, 9.17) is 4.42 Å². The number of carbonyl (C=O) groups is 1. The molecule has 2 rings (SSSR count). The molecule has 1 aromatic rings. The molecule has 0 radical (unpaired) electrons. The molecule has 0 aromatic carbocycles. The molecule has 0 spiro atoms. The first-order valence-electron chi connectivity index (χ1n) is 5.62. The summed E-state index contributed by atoms with van der Waals surface area (Å²) >= 11 is 0. The fourth-order valence-electron chi connectivity index (χ4n) is 2.08. The Kier molecular flexibility index (Phi) is 3.38. The molecule has 0 saturated heterocycles. The molecule has 0 aliphatic heterocycles.